The third-order valence-electron chi connectivity index (χ3n) is 6.95. The predicted octanol–water partition coefficient (Wildman–Crippen LogP) is 4.66. The number of carbonyl (C=O) groups excluding carboxylic acids is 1. The molecule has 4 rings (SSSR count). The van der Waals surface area contributed by atoms with Crippen molar-refractivity contribution in [2.24, 2.45) is 11.8 Å². The molecule has 0 N–H and O–H groups in total. The van der Waals surface area contributed by atoms with Crippen LogP contribution in [-0.4, -0.2) is 60.6 Å². The first-order valence-corrected chi connectivity index (χ1v) is 12.3. The average Bonchev–Trinajstić information content (AvgIpc) is 3.48. The Kier molecular flexibility index (Phi) is 7.51. The number of hydrogen-bond donors (Lipinski definition) is 0. The lowest BCUT2D eigenvalue weighted by atomic mass is 10.0. The first kappa shape index (κ1) is 22.8. The lowest BCUT2D eigenvalue weighted by Gasteiger charge is -2.33. The Morgan fingerprint density at radius 1 is 1.12 bits per heavy atom. The molecule has 1 aliphatic carbocycles. The van der Waals surface area contributed by atoms with Gasteiger partial charge in [0.05, 0.1) is 12.1 Å². The van der Waals surface area contributed by atoms with E-state index >= 15 is 0 Å². The number of nitrogens with zero attached hydrogens (tertiary/aromatic N) is 4. The quantitative estimate of drug-likeness (QED) is 0.600. The molecule has 1 aliphatic heterocycles. The van der Waals surface area contributed by atoms with Gasteiger partial charge in [0.15, 0.2) is 0 Å². The highest BCUT2D eigenvalue weighted by Crippen LogP contribution is 2.34. The van der Waals surface area contributed by atoms with Crippen molar-refractivity contribution in [2.45, 2.75) is 52.5 Å². The second-order valence-electron chi connectivity index (χ2n) is 9.89. The van der Waals surface area contributed by atoms with E-state index < -0.39 is 0 Å². The van der Waals surface area contributed by atoms with Gasteiger partial charge in [-0.2, -0.15) is 0 Å². The van der Waals surface area contributed by atoms with Gasteiger partial charge >= 0.3 is 0 Å². The van der Waals surface area contributed by atoms with E-state index in [1.807, 2.05) is 18.2 Å². The molecule has 6 heteroatoms. The van der Waals surface area contributed by atoms with E-state index in [1.54, 1.807) is 0 Å². The van der Waals surface area contributed by atoms with Gasteiger partial charge in [-0.3, -0.25) is 4.79 Å². The Labute approximate surface area is 192 Å². The van der Waals surface area contributed by atoms with E-state index in [0.29, 0.717) is 18.4 Å². The number of hydrogen-bond acceptors (Lipinski definition) is 5. The largest absolute Gasteiger partial charge is 0.338 e. The van der Waals surface area contributed by atoms with Crippen molar-refractivity contribution in [3.05, 3.63) is 35.9 Å². The van der Waals surface area contributed by atoms with Crippen LogP contribution in [0.5, 0.6) is 0 Å². The molecule has 0 spiro atoms. The molecule has 2 aliphatic rings. The molecule has 2 fully saturated rings. The number of anilines is 1. The first-order chi connectivity index (χ1) is 15.5. The Bertz CT molecular complexity index is 865. The van der Waals surface area contributed by atoms with Gasteiger partial charge in [0.25, 0.3) is 0 Å². The fraction of sp³-hybridized carbons (Fsp3) is 0.615. The summed E-state index contributed by atoms with van der Waals surface area (Å²) in [5.74, 6) is 1.88. The zero-order valence-corrected chi connectivity index (χ0v) is 19.9. The Hall–Kier alpha value is -2.34. The summed E-state index contributed by atoms with van der Waals surface area (Å²) in [5.41, 5.74) is 2.97. The highest BCUT2D eigenvalue weighted by molar-refractivity contribution is 5.80. The maximum Gasteiger partial charge on any atom is 0.232 e. The lowest BCUT2D eigenvalue weighted by Crippen LogP contribution is -2.45. The van der Waals surface area contributed by atoms with E-state index in [2.05, 4.69) is 52.9 Å². The third-order valence-corrected chi connectivity index (χ3v) is 6.95. The van der Waals surface area contributed by atoms with Crippen molar-refractivity contribution in [1.29, 1.82) is 0 Å². The van der Waals surface area contributed by atoms with Crippen LogP contribution >= 0.6 is 0 Å². The van der Waals surface area contributed by atoms with Crippen molar-refractivity contribution in [2.75, 3.05) is 44.7 Å². The van der Waals surface area contributed by atoms with Crippen molar-refractivity contribution < 1.29 is 9.32 Å². The van der Waals surface area contributed by atoms with Gasteiger partial charge in [-0.05, 0) is 32.2 Å². The van der Waals surface area contributed by atoms with Gasteiger partial charge in [-0.1, -0.05) is 62.2 Å². The molecule has 2 aromatic rings. The summed E-state index contributed by atoms with van der Waals surface area (Å²) in [7, 11) is 2.15. The van der Waals surface area contributed by atoms with Gasteiger partial charge in [0, 0.05) is 44.2 Å². The van der Waals surface area contributed by atoms with Crippen LogP contribution in [0.1, 0.15) is 51.5 Å². The maximum atomic E-state index is 13.5. The number of aromatic nitrogens is 1. The fourth-order valence-electron chi connectivity index (χ4n) is 4.83. The molecule has 1 amide bonds. The maximum absolute atomic E-state index is 13.5. The number of rotatable bonds is 8. The van der Waals surface area contributed by atoms with Crippen molar-refractivity contribution in [1.82, 2.24) is 15.0 Å². The predicted molar refractivity (Wildman–Crippen MR) is 128 cm³/mol. The second-order valence-corrected chi connectivity index (χ2v) is 9.89. The van der Waals surface area contributed by atoms with Crippen LogP contribution in [0.25, 0.3) is 11.3 Å². The van der Waals surface area contributed by atoms with Crippen molar-refractivity contribution in [3.8, 4) is 11.3 Å². The van der Waals surface area contributed by atoms with Crippen LogP contribution in [0.15, 0.2) is 34.9 Å². The SMILES string of the molecule is CC(C)CCN(Cc1c(-c2ccccc2)noc1N1CCN(C)CC1)C(=O)C1CCCC1. The molecule has 1 aromatic carbocycles. The summed E-state index contributed by atoms with van der Waals surface area (Å²) in [5, 5.41) is 4.52. The summed E-state index contributed by atoms with van der Waals surface area (Å²) in [6, 6.07) is 10.2. The Morgan fingerprint density at radius 2 is 1.81 bits per heavy atom. The highest BCUT2D eigenvalue weighted by atomic mass is 16.5. The minimum Gasteiger partial charge on any atom is -0.338 e. The molecule has 1 aromatic heterocycles. The number of piperazine rings is 1. The molecule has 0 radical (unpaired) electrons. The number of carbonyl (C=O) groups is 1. The lowest BCUT2D eigenvalue weighted by molar-refractivity contribution is -0.136. The van der Waals surface area contributed by atoms with Crippen LogP contribution in [0.3, 0.4) is 0 Å². The monoisotopic (exact) mass is 438 g/mol. The molecule has 0 atom stereocenters. The normalized spacial score (nSPS) is 17.9. The molecule has 2 heterocycles. The average molecular weight is 439 g/mol. The topological polar surface area (TPSA) is 52.8 Å². The molecule has 6 nitrogen and oxygen atoms in total. The standard InChI is InChI=1S/C26H38N4O2/c1-20(2)13-14-30(25(31)22-11-7-8-12-22)19-23-24(21-9-5-4-6-10-21)27-32-26(23)29-17-15-28(3)16-18-29/h4-6,9-10,20,22H,7-8,11-19H2,1-3H3. The number of likely N-dealkylation sites (N-methyl/N-ethyl adjacent to an activating group) is 1. The zero-order valence-electron chi connectivity index (χ0n) is 19.9. The van der Waals surface area contributed by atoms with Crippen LogP contribution in [0.4, 0.5) is 5.88 Å². The zero-order chi connectivity index (χ0) is 22.5. The van der Waals surface area contributed by atoms with Crippen molar-refractivity contribution >= 4 is 11.8 Å². The van der Waals surface area contributed by atoms with Crippen LogP contribution in [0, 0.1) is 11.8 Å². The van der Waals surface area contributed by atoms with E-state index in [4.69, 9.17) is 4.52 Å². The van der Waals surface area contributed by atoms with E-state index in [9.17, 15) is 4.79 Å². The fourth-order valence-corrected chi connectivity index (χ4v) is 4.83. The highest BCUT2D eigenvalue weighted by Gasteiger charge is 2.31. The van der Waals surface area contributed by atoms with Gasteiger partial charge in [0.1, 0.15) is 5.69 Å². The number of amides is 1. The molecule has 1 saturated carbocycles. The molecule has 0 bridgehead atoms. The summed E-state index contributed by atoms with van der Waals surface area (Å²) >= 11 is 0. The Morgan fingerprint density at radius 3 is 2.47 bits per heavy atom. The van der Waals surface area contributed by atoms with Crippen LogP contribution in [-0.2, 0) is 11.3 Å². The second kappa shape index (κ2) is 10.5. The van der Waals surface area contributed by atoms with Gasteiger partial charge in [0.2, 0.25) is 11.8 Å². The summed E-state index contributed by atoms with van der Waals surface area (Å²) in [6.07, 6.45) is 5.40. The van der Waals surface area contributed by atoms with Gasteiger partial charge in [-0.15, -0.1) is 0 Å². The first-order valence-electron chi connectivity index (χ1n) is 12.3. The number of benzene rings is 1. The molecule has 32 heavy (non-hydrogen) atoms. The third kappa shape index (κ3) is 5.34. The molecule has 1 saturated heterocycles. The van der Waals surface area contributed by atoms with Crippen LogP contribution in [0.2, 0.25) is 0 Å². The summed E-state index contributed by atoms with van der Waals surface area (Å²) < 4.78 is 5.98. The summed E-state index contributed by atoms with van der Waals surface area (Å²) in [6.45, 7) is 9.63. The minimum absolute atomic E-state index is 0.175. The molecular weight excluding hydrogens is 400 g/mol. The van der Waals surface area contributed by atoms with E-state index in [0.717, 1.165) is 74.7 Å². The smallest absolute Gasteiger partial charge is 0.232 e. The van der Waals surface area contributed by atoms with Crippen molar-refractivity contribution in [3.63, 3.8) is 0 Å². The van der Waals surface area contributed by atoms with Crippen LogP contribution < -0.4 is 4.90 Å². The molecular formula is C26H38N4O2. The minimum atomic E-state index is 0.175. The van der Waals surface area contributed by atoms with Gasteiger partial charge in [-0.25, -0.2) is 0 Å². The molecule has 174 valence electrons. The van der Waals surface area contributed by atoms with E-state index in [1.165, 1.54) is 12.8 Å². The van der Waals surface area contributed by atoms with Gasteiger partial charge < -0.3 is 19.2 Å². The summed E-state index contributed by atoms with van der Waals surface area (Å²) in [4.78, 5) is 20.2. The molecule has 0 unspecified atom stereocenters. The van der Waals surface area contributed by atoms with E-state index in [-0.39, 0.29) is 5.92 Å². The Balaban J connectivity index is 1.66.